The summed E-state index contributed by atoms with van der Waals surface area (Å²) in [6.07, 6.45) is -3.02. The predicted octanol–water partition coefficient (Wildman–Crippen LogP) is 3.91. The standard InChI is InChI=1S/C23H22F3N3O2S/c24-23(25,26)20-10-17(7-6-15(20)11-27)29-13-19-16-8-18(22(19)32(29,30)31)21(9-16)28-12-14-4-2-1-3-5-14/h1-7,10,16,18-19,21-22,28H,8-9,12-13H2/t16-,18+,19+,21-,22-/m0/s1. The van der Waals surface area contributed by atoms with E-state index in [4.69, 9.17) is 5.26 Å². The fourth-order valence-corrected chi connectivity index (χ4v) is 8.47. The van der Waals surface area contributed by atoms with Gasteiger partial charge >= 0.3 is 6.18 Å². The molecule has 2 saturated carbocycles. The Morgan fingerprint density at radius 1 is 1.09 bits per heavy atom. The van der Waals surface area contributed by atoms with Crippen LogP contribution in [0, 0.1) is 29.1 Å². The zero-order valence-electron chi connectivity index (χ0n) is 17.1. The third-order valence-corrected chi connectivity index (χ3v) is 9.62. The Hall–Kier alpha value is -2.57. The van der Waals surface area contributed by atoms with Gasteiger partial charge in [0.1, 0.15) is 0 Å². The highest BCUT2D eigenvalue weighted by Crippen LogP contribution is 2.56. The normalized spacial score (nSPS) is 30.3. The van der Waals surface area contributed by atoms with Crippen LogP contribution in [0.1, 0.15) is 29.5 Å². The average Bonchev–Trinajstić information content (AvgIpc) is 3.42. The molecule has 2 aromatic rings. The van der Waals surface area contributed by atoms with Gasteiger partial charge < -0.3 is 5.32 Å². The molecular weight excluding hydrogens is 439 g/mol. The fraction of sp³-hybridized carbons (Fsp3) is 0.435. The second kappa shape index (κ2) is 7.49. The molecule has 1 N–H and O–H groups in total. The topological polar surface area (TPSA) is 73.2 Å². The molecule has 2 aromatic carbocycles. The van der Waals surface area contributed by atoms with Crippen LogP contribution >= 0.6 is 0 Å². The SMILES string of the molecule is N#Cc1ccc(N2C[C@@H]3[C@H]4C[C@@H]([C@@H]3S2(=O)=O)[C@@H](NCc2ccccc2)C4)cc1C(F)(F)F. The Morgan fingerprint density at radius 3 is 2.53 bits per heavy atom. The van der Waals surface area contributed by atoms with E-state index in [-0.39, 0.29) is 36.0 Å². The molecule has 3 aliphatic rings. The number of sulfonamides is 1. The minimum absolute atomic E-state index is 0.0149. The van der Waals surface area contributed by atoms with Crippen molar-refractivity contribution in [3.8, 4) is 6.07 Å². The Labute approximate surface area is 184 Å². The summed E-state index contributed by atoms with van der Waals surface area (Å²) in [5, 5.41) is 11.9. The largest absolute Gasteiger partial charge is 0.417 e. The van der Waals surface area contributed by atoms with E-state index in [1.54, 1.807) is 6.07 Å². The molecular formula is C23H22F3N3O2S. The van der Waals surface area contributed by atoms with Crippen LogP contribution in [0.2, 0.25) is 0 Å². The minimum atomic E-state index is -4.73. The minimum Gasteiger partial charge on any atom is -0.310 e. The van der Waals surface area contributed by atoms with Gasteiger partial charge in [0, 0.05) is 19.1 Å². The van der Waals surface area contributed by atoms with Crippen molar-refractivity contribution in [3.63, 3.8) is 0 Å². The van der Waals surface area contributed by atoms with Crippen molar-refractivity contribution in [2.24, 2.45) is 17.8 Å². The first kappa shape index (κ1) is 21.3. The first-order chi connectivity index (χ1) is 15.2. The summed E-state index contributed by atoms with van der Waals surface area (Å²) >= 11 is 0. The number of nitriles is 1. The molecule has 0 aromatic heterocycles. The van der Waals surface area contributed by atoms with Crippen molar-refractivity contribution in [2.45, 2.75) is 36.9 Å². The molecule has 5 rings (SSSR count). The van der Waals surface area contributed by atoms with Crippen molar-refractivity contribution >= 4 is 15.7 Å². The molecule has 32 heavy (non-hydrogen) atoms. The number of rotatable bonds is 4. The highest BCUT2D eigenvalue weighted by molar-refractivity contribution is 7.93. The van der Waals surface area contributed by atoms with Crippen LogP contribution in [0.25, 0.3) is 0 Å². The average molecular weight is 462 g/mol. The summed E-state index contributed by atoms with van der Waals surface area (Å²) in [6, 6.07) is 14.7. The molecule has 0 radical (unpaired) electrons. The smallest absolute Gasteiger partial charge is 0.310 e. The Morgan fingerprint density at radius 2 is 1.84 bits per heavy atom. The van der Waals surface area contributed by atoms with Gasteiger partial charge in [0.25, 0.3) is 0 Å². The van der Waals surface area contributed by atoms with Crippen molar-refractivity contribution in [1.82, 2.24) is 5.32 Å². The molecule has 1 aliphatic heterocycles. The number of halogens is 3. The maximum Gasteiger partial charge on any atom is 0.417 e. The van der Waals surface area contributed by atoms with E-state index in [1.807, 2.05) is 30.3 Å². The monoisotopic (exact) mass is 461 g/mol. The van der Waals surface area contributed by atoms with Gasteiger partial charge in [0.2, 0.25) is 10.0 Å². The molecule has 5 atom stereocenters. The lowest BCUT2D eigenvalue weighted by atomic mass is 9.85. The van der Waals surface area contributed by atoms with Gasteiger partial charge in [0.15, 0.2) is 0 Å². The number of nitrogens with one attached hydrogen (secondary N) is 1. The lowest BCUT2D eigenvalue weighted by Gasteiger charge is -2.30. The quantitative estimate of drug-likeness (QED) is 0.749. The maximum atomic E-state index is 13.5. The number of fused-ring (bicyclic) bond motifs is 5. The zero-order valence-corrected chi connectivity index (χ0v) is 17.9. The lowest BCUT2D eigenvalue weighted by molar-refractivity contribution is -0.137. The van der Waals surface area contributed by atoms with Gasteiger partial charge in [0.05, 0.1) is 28.1 Å². The van der Waals surface area contributed by atoms with Gasteiger partial charge in [-0.3, -0.25) is 4.31 Å². The van der Waals surface area contributed by atoms with E-state index < -0.39 is 32.6 Å². The molecule has 168 valence electrons. The lowest BCUT2D eigenvalue weighted by Crippen LogP contribution is -2.44. The van der Waals surface area contributed by atoms with E-state index in [1.165, 1.54) is 6.07 Å². The molecule has 1 heterocycles. The third kappa shape index (κ3) is 3.37. The molecule has 5 nitrogen and oxygen atoms in total. The molecule has 0 amide bonds. The van der Waals surface area contributed by atoms with E-state index in [2.05, 4.69) is 5.32 Å². The van der Waals surface area contributed by atoms with Crippen LogP contribution in [-0.2, 0) is 22.7 Å². The highest BCUT2D eigenvalue weighted by atomic mass is 32.2. The summed E-state index contributed by atoms with van der Waals surface area (Å²) < 4.78 is 68.3. The molecule has 9 heteroatoms. The molecule has 2 bridgehead atoms. The van der Waals surface area contributed by atoms with Crippen LogP contribution in [-0.4, -0.2) is 26.3 Å². The predicted molar refractivity (Wildman–Crippen MR) is 113 cm³/mol. The Bertz CT molecular complexity index is 1180. The summed E-state index contributed by atoms with van der Waals surface area (Å²) in [5.41, 5.74) is -0.502. The molecule has 1 saturated heterocycles. The van der Waals surface area contributed by atoms with E-state index in [0.717, 1.165) is 34.8 Å². The van der Waals surface area contributed by atoms with Gasteiger partial charge in [-0.1, -0.05) is 30.3 Å². The number of hydrogen-bond donors (Lipinski definition) is 1. The molecule has 0 unspecified atom stereocenters. The van der Waals surface area contributed by atoms with Gasteiger partial charge in [-0.05, 0) is 54.4 Å². The van der Waals surface area contributed by atoms with E-state index in [9.17, 15) is 21.6 Å². The Balaban J connectivity index is 1.40. The van der Waals surface area contributed by atoms with Crippen molar-refractivity contribution < 1.29 is 21.6 Å². The second-order valence-electron chi connectivity index (χ2n) is 8.91. The summed E-state index contributed by atoms with van der Waals surface area (Å²) in [4.78, 5) is 0. The Kier molecular flexibility index (Phi) is 4.98. The van der Waals surface area contributed by atoms with Crippen LogP contribution in [0.4, 0.5) is 18.9 Å². The summed E-state index contributed by atoms with van der Waals surface area (Å²) in [5.74, 6) is 0.104. The number of alkyl halides is 3. The van der Waals surface area contributed by atoms with Crippen molar-refractivity contribution in [2.75, 3.05) is 10.8 Å². The first-order valence-corrected chi connectivity index (χ1v) is 12.1. The summed E-state index contributed by atoms with van der Waals surface area (Å²) in [7, 11) is -3.80. The van der Waals surface area contributed by atoms with Crippen molar-refractivity contribution in [3.05, 3.63) is 65.2 Å². The first-order valence-electron chi connectivity index (χ1n) is 10.6. The van der Waals surface area contributed by atoms with Gasteiger partial charge in [-0.25, -0.2) is 8.42 Å². The third-order valence-electron chi connectivity index (χ3n) is 7.25. The highest BCUT2D eigenvalue weighted by Gasteiger charge is 2.62. The zero-order chi connectivity index (χ0) is 22.7. The van der Waals surface area contributed by atoms with E-state index >= 15 is 0 Å². The van der Waals surface area contributed by atoms with E-state index in [0.29, 0.717) is 6.54 Å². The number of hydrogen-bond acceptors (Lipinski definition) is 4. The van der Waals surface area contributed by atoms with Crippen LogP contribution in [0.3, 0.4) is 0 Å². The number of anilines is 1. The fourth-order valence-electron chi connectivity index (χ4n) is 5.90. The van der Waals surface area contributed by atoms with Crippen LogP contribution in [0.15, 0.2) is 48.5 Å². The number of nitrogens with zero attached hydrogens (tertiary/aromatic N) is 2. The van der Waals surface area contributed by atoms with Crippen LogP contribution < -0.4 is 9.62 Å². The van der Waals surface area contributed by atoms with Crippen molar-refractivity contribution in [1.29, 1.82) is 5.26 Å². The molecule has 3 fully saturated rings. The molecule has 0 spiro atoms. The summed E-state index contributed by atoms with van der Waals surface area (Å²) in [6.45, 7) is 0.850. The molecule has 2 aliphatic carbocycles. The van der Waals surface area contributed by atoms with Gasteiger partial charge in [-0.2, -0.15) is 18.4 Å². The van der Waals surface area contributed by atoms with Crippen LogP contribution in [0.5, 0.6) is 0 Å². The maximum absolute atomic E-state index is 13.5. The number of benzene rings is 2. The van der Waals surface area contributed by atoms with Gasteiger partial charge in [-0.15, -0.1) is 0 Å². The second-order valence-corrected chi connectivity index (χ2v) is 10.9.